The SMILES string of the molecule is CC1Nc2c(cccc2[N+](=O)[O-])C1C. The van der Waals surface area contributed by atoms with Crippen molar-refractivity contribution in [3.8, 4) is 0 Å². The van der Waals surface area contributed by atoms with E-state index in [9.17, 15) is 10.1 Å². The van der Waals surface area contributed by atoms with Gasteiger partial charge < -0.3 is 5.32 Å². The van der Waals surface area contributed by atoms with Crippen LogP contribution in [0.25, 0.3) is 0 Å². The normalized spacial score (nSPS) is 24.1. The highest BCUT2D eigenvalue weighted by Crippen LogP contribution is 2.40. The Kier molecular flexibility index (Phi) is 1.91. The first-order valence-corrected chi connectivity index (χ1v) is 4.65. The molecule has 2 rings (SSSR count). The summed E-state index contributed by atoms with van der Waals surface area (Å²) in [6.07, 6.45) is 0. The molecule has 1 aliphatic heterocycles. The fourth-order valence-electron chi connectivity index (χ4n) is 1.87. The molecule has 0 fully saturated rings. The van der Waals surface area contributed by atoms with Gasteiger partial charge in [0.25, 0.3) is 5.69 Å². The maximum atomic E-state index is 10.7. The molecule has 1 aromatic rings. The number of nitro groups is 1. The molecular weight excluding hydrogens is 180 g/mol. The molecule has 0 bridgehead atoms. The van der Waals surface area contributed by atoms with E-state index < -0.39 is 0 Å². The van der Waals surface area contributed by atoms with Crippen LogP contribution in [-0.4, -0.2) is 11.0 Å². The number of nitro benzene ring substituents is 1. The zero-order valence-corrected chi connectivity index (χ0v) is 8.15. The second-order valence-electron chi connectivity index (χ2n) is 3.72. The van der Waals surface area contributed by atoms with Gasteiger partial charge in [0, 0.05) is 18.0 Å². The predicted octanol–water partition coefficient (Wildman–Crippen LogP) is 2.51. The summed E-state index contributed by atoms with van der Waals surface area (Å²) in [5.41, 5.74) is 1.92. The van der Waals surface area contributed by atoms with E-state index in [1.807, 2.05) is 13.0 Å². The predicted molar refractivity (Wildman–Crippen MR) is 54.6 cm³/mol. The van der Waals surface area contributed by atoms with Gasteiger partial charge >= 0.3 is 0 Å². The largest absolute Gasteiger partial charge is 0.376 e. The Bertz CT molecular complexity index is 390. The Morgan fingerprint density at radius 1 is 1.43 bits per heavy atom. The fraction of sp³-hybridized carbons (Fsp3) is 0.400. The van der Waals surface area contributed by atoms with Gasteiger partial charge in [-0.1, -0.05) is 19.1 Å². The molecule has 14 heavy (non-hydrogen) atoms. The van der Waals surface area contributed by atoms with E-state index in [0.29, 0.717) is 11.6 Å². The van der Waals surface area contributed by atoms with Crippen LogP contribution in [0.1, 0.15) is 25.3 Å². The minimum Gasteiger partial charge on any atom is -0.376 e. The average molecular weight is 192 g/mol. The lowest BCUT2D eigenvalue weighted by Crippen LogP contribution is -2.13. The minimum absolute atomic E-state index is 0.179. The van der Waals surface area contributed by atoms with Gasteiger partial charge in [-0.2, -0.15) is 0 Å². The van der Waals surface area contributed by atoms with Crippen molar-refractivity contribution in [2.45, 2.75) is 25.8 Å². The summed E-state index contributed by atoms with van der Waals surface area (Å²) in [4.78, 5) is 10.4. The number of hydrogen-bond acceptors (Lipinski definition) is 3. The van der Waals surface area contributed by atoms with E-state index >= 15 is 0 Å². The zero-order chi connectivity index (χ0) is 10.3. The van der Waals surface area contributed by atoms with Gasteiger partial charge in [-0.25, -0.2) is 0 Å². The molecule has 74 valence electrons. The molecule has 1 heterocycles. The minimum atomic E-state index is -0.337. The van der Waals surface area contributed by atoms with Crippen molar-refractivity contribution in [2.75, 3.05) is 5.32 Å². The van der Waals surface area contributed by atoms with Gasteiger partial charge in [-0.05, 0) is 12.5 Å². The molecular formula is C10H12N2O2. The van der Waals surface area contributed by atoms with E-state index in [4.69, 9.17) is 0 Å². The highest BCUT2D eigenvalue weighted by Gasteiger charge is 2.30. The molecule has 0 aromatic heterocycles. The molecule has 4 nitrogen and oxygen atoms in total. The number of anilines is 1. The Morgan fingerprint density at radius 2 is 2.14 bits per heavy atom. The molecule has 2 atom stereocenters. The Labute approximate surface area is 82.1 Å². The topological polar surface area (TPSA) is 55.2 Å². The second kappa shape index (κ2) is 2.97. The molecule has 0 saturated heterocycles. The first kappa shape index (κ1) is 8.99. The van der Waals surface area contributed by atoms with Crippen LogP contribution >= 0.6 is 0 Å². The van der Waals surface area contributed by atoms with Crippen LogP contribution < -0.4 is 5.32 Å². The summed E-state index contributed by atoms with van der Waals surface area (Å²) >= 11 is 0. The first-order valence-electron chi connectivity index (χ1n) is 4.65. The van der Waals surface area contributed by atoms with Gasteiger partial charge in [0.1, 0.15) is 5.69 Å². The van der Waals surface area contributed by atoms with Crippen molar-refractivity contribution in [2.24, 2.45) is 0 Å². The number of hydrogen-bond donors (Lipinski definition) is 1. The van der Waals surface area contributed by atoms with Crippen molar-refractivity contribution < 1.29 is 4.92 Å². The van der Waals surface area contributed by atoms with Crippen LogP contribution in [0, 0.1) is 10.1 Å². The lowest BCUT2D eigenvalue weighted by atomic mass is 9.98. The highest BCUT2D eigenvalue weighted by molar-refractivity contribution is 5.71. The monoisotopic (exact) mass is 192 g/mol. The van der Waals surface area contributed by atoms with Crippen LogP contribution in [0.15, 0.2) is 18.2 Å². The zero-order valence-electron chi connectivity index (χ0n) is 8.15. The number of benzene rings is 1. The van der Waals surface area contributed by atoms with Crippen LogP contribution in [0.2, 0.25) is 0 Å². The number of nitrogens with zero attached hydrogens (tertiary/aromatic N) is 1. The summed E-state index contributed by atoms with van der Waals surface area (Å²) in [5.74, 6) is 0.338. The van der Waals surface area contributed by atoms with E-state index in [1.54, 1.807) is 6.07 Å². The number of rotatable bonds is 1. The third-order valence-electron chi connectivity index (χ3n) is 2.88. The maximum absolute atomic E-state index is 10.7. The third kappa shape index (κ3) is 1.14. The Morgan fingerprint density at radius 3 is 2.79 bits per heavy atom. The van der Waals surface area contributed by atoms with Gasteiger partial charge in [0.2, 0.25) is 0 Å². The van der Waals surface area contributed by atoms with Crippen LogP contribution in [0.4, 0.5) is 11.4 Å². The van der Waals surface area contributed by atoms with Crippen molar-refractivity contribution >= 4 is 11.4 Å². The standard InChI is InChI=1S/C10H12N2O2/c1-6-7(2)11-10-8(6)4-3-5-9(10)12(13)14/h3-7,11H,1-2H3. The molecule has 0 amide bonds. The molecule has 1 aromatic carbocycles. The van der Waals surface area contributed by atoms with Gasteiger partial charge in [0.15, 0.2) is 0 Å². The molecule has 0 saturated carbocycles. The summed E-state index contributed by atoms with van der Waals surface area (Å²) in [6.45, 7) is 4.11. The average Bonchev–Trinajstić information content (AvgIpc) is 2.43. The molecule has 1 N–H and O–H groups in total. The molecule has 1 aliphatic rings. The van der Waals surface area contributed by atoms with Crippen LogP contribution in [0.5, 0.6) is 0 Å². The molecule has 2 unspecified atom stereocenters. The smallest absolute Gasteiger partial charge is 0.292 e. The maximum Gasteiger partial charge on any atom is 0.292 e. The first-order chi connectivity index (χ1) is 6.61. The lowest BCUT2D eigenvalue weighted by Gasteiger charge is -2.08. The molecule has 4 heteroatoms. The molecule has 0 aliphatic carbocycles. The third-order valence-corrected chi connectivity index (χ3v) is 2.88. The van der Waals surface area contributed by atoms with Crippen molar-refractivity contribution in [3.63, 3.8) is 0 Å². The Balaban J connectivity index is 2.56. The lowest BCUT2D eigenvalue weighted by molar-refractivity contribution is -0.383. The summed E-state index contributed by atoms with van der Waals surface area (Å²) in [5, 5.41) is 13.9. The molecule has 0 radical (unpaired) electrons. The summed E-state index contributed by atoms with van der Waals surface area (Å²) in [6, 6.07) is 5.50. The highest BCUT2D eigenvalue weighted by atomic mass is 16.6. The van der Waals surface area contributed by atoms with E-state index in [2.05, 4.69) is 12.2 Å². The Hall–Kier alpha value is -1.58. The van der Waals surface area contributed by atoms with Crippen LogP contribution in [0.3, 0.4) is 0 Å². The van der Waals surface area contributed by atoms with Crippen LogP contribution in [-0.2, 0) is 0 Å². The van der Waals surface area contributed by atoms with Crippen molar-refractivity contribution in [1.29, 1.82) is 0 Å². The van der Waals surface area contributed by atoms with Crippen molar-refractivity contribution in [1.82, 2.24) is 0 Å². The van der Waals surface area contributed by atoms with Gasteiger partial charge in [-0.3, -0.25) is 10.1 Å². The van der Waals surface area contributed by atoms with E-state index in [-0.39, 0.29) is 16.7 Å². The van der Waals surface area contributed by atoms with E-state index in [0.717, 1.165) is 5.56 Å². The van der Waals surface area contributed by atoms with E-state index in [1.165, 1.54) is 6.07 Å². The van der Waals surface area contributed by atoms with Gasteiger partial charge in [-0.15, -0.1) is 0 Å². The number of nitrogens with one attached hydrogen (secondary N) is 1. The van der Waals surface area contributed by atoms with Gasteiger partial charge in [0.05, 0.1) is 4.92 Å². The number of fused-ring (bicyclic) bond motifs is 1. The summed E-state index contributed by atoms with van der Waals surface area (Å²) < 4.78 is 0. The summed E-state index contributed by atoms with van der Waals surface area (Å²) in [7, 11) is 0. The fourth-order valence-corrected chi connectivity index (χ4v) is 1.87. The number of para-hydroxylation sites is 1. The second-order valence-corrected chi connectivity index (χ2v) is 3.72. The van der Waals surface area contributed by atoms with Crippen molar-refractivity contribution in [3.05, 3.63) is 33.9 Å². The molecule has 0 spiro atoms. The quantitative estimate of drug-likeness (QED) is 0.549.